The van der Waals surface area contributed by atoms with Gasteiger partial charge in [0.2, 0.25) is 0 Å². The van der Waals surface area contributed by atoms with E-state index < -0.39 is 37.3 Å². The van der Waals surface area contributed by atoms with Crippen LogP contribution in [-0.2, 0) is 4.79 Å². The summed E-state index contributed by atoms with van der Waals surface area (Å²) >= 11 is 0. The van der Waals surface area contributed by atoms with Crippen molar-refractivity contribution < 1.29 is 30.3 Å². The fourth-order valence-corrected chi connectivity index (χ4v) is 0.602. The zero-order chi connectivity index (χ0) is 13.1. The Hall–Kier alpha value is -0.610. The summed E-state index contributed by atoms with van der Waals surface area (Å²) in [6.45, 7) is -0.493. The number of nitrogens with two attached hydrogens (primary N) is 2. The fourth-order valence-electron chi connectivity index (χ4n) is 0.602. The van der Waals surface area contributed by atoms with Crippen LogP contribution in [0.3, 0.4) is 0 Å². The maximum Gasteiger partial charge on any atom is 0.189 e. The van der Waals surface area contributed by atoms with Crippen LogP contribution in [-0.4, -0.2) is 75.9 Å². The highest BCUT2D eigenvalue weighted by molar-refractivity contribution is 5.84. The number of rotatable bonds is 6. The minimum Gasteiger partial charge on any atom is -0.394 e. The highest BCUT2D eigenvalue weighted by Gasteiger charge is 2.28. The standard InChI is InChI=1S/C6H12O6.C2H8N2/c7-1-3(9)5(11)6(12)4(10)2-8;3-1-2-4/h3,5-9,11-12H,1-2H2;1-4H2/t3-,5+,6+;/m1./s1. The van der Waals surface area contributed by atoms with Crippen molar-refractivity contribution in [1.82, 2.24) is 0 Å². The SMILES string of the molecule is NCCN.O=C(CO)[C@H](O)[C@@H](O)[C@H](O)CO. The number of aliphatic hydroxyl groups is 5. The molecule has 0 aliphatic carbocycles. The molecule has 0 aliphatic rings. The molecule has 0 aromatic rings. The van der Waals surface area contributed by atoms with Gasteiger partial charge in [-0.2, -0.15) is 0 Å². The number of aliphatic hydroxyl groups excluding tert-OH is 5. The third kappa shape index (κ3) is 7.65. The molecule has 0 radical (unpaired) electrons. The molecule has 0 unspecified atom stereocenters. The van der Waals surface area contributed by atoms with Gasteiger partial charge < -0.3 is 37.0 Å². The molecular weight excluding hydrogens is 220 g/mol. The maximum absolute atomic E-state index is 10.5. The molecule has 16 heavy (non-hydrogen) atoms. The predicted octanol–water partition coefficient (Wildman–Crippen LogP) is -4.47. The molecule has 0 saturated heterocycles. The summed E-state index contributed by atoms with van der Waals surface area (Å²) in [7, 11) is 0. The van der Waals surface area contributed by atoms with E-state index in [4.69, 9.17) is 37.0 Å². The Morgan fingerprint density at radius 1 is 1.06 bits per heavy atom. The highest BCUT2D eigenvalue weighted by atomic mass is 16.4. The zero-order valence-electron chi connectivity index (χ0n) is 8.86. The van der Waals surface area contributed by atoms with Crippen molar-refractivity contribution in [2.75, 3.05) is 26.3 Å². The first-order valence-corrected chi connectivity index (χ1v) is 4.64. The first kappa shape index (κ1) is 17.8. The van der Waals surface area contributed by atoms with Gasteiger partial charge in [-0.15, -0.1) is 0 Å². The second kappa shape index (κ2) is 10.9. The molecule has 0 aromatic heterocycles. The largest absolute Gasteiger partial charge is 0.394 e. The molecule has 0 saturated carbocycles. The second-order valence-electron chi connectivity index (χ2n) is 2.89. The lowest BCUT2D eigenvalue weighted by atomic mass is 10.1. The molecule has 8 nitrogen and oxygen atoms in total. The number of Topliss-reactive ketones (excluding diaryl/α,β-unsaturated/α-hetero) is 1. The third-order valence-corrected chi connectivity index (χ3v) is 1.56. The van der Waals surface area contributed by atoms with Gasteiger partial charge >= 0.3 is 0 Å². The summed E-state index contributed by atoms with van der Waals surface area (Å²) in [5.41, 5.74) is 9.81. The number of hydrogen-bond donors (Lipinski definition) is 7. The van der Waals surface area contributed by atoms with E-state index >= 15 is 0 Å². The molecule has 98 valence electrons. The molecule has 3 atom stereocenters. The lowest BCUT2D eigenvalue weighted by Gasteiger charge is -2.19. The summed E-state index contributed by atoms with van der Waals surface area (Å²) in [4.78, 5) is 10.5. The molecule has 0 spiro atoms. The van der Waals surface area contributed by atoms with Crippen LogP contribution in [0.15, 0.2) is 0 Å². The Balaban J connectivity index is 0. The van der Waals surface area contributed by atoms with Gasteiger partial charge in [-0.25, -0.2) is 0 Å². The van der Waals surface area contributed by atoms with Crippen molar-refractivity contribution in [3.8, 4) is 0 Å². The van der Waals surface area contributed by atoms with Crippen molar-refractivity contribution in [2.24, 2.45) is 11.5 Å². The first-order valence-electron chi connectivity index (χ1n) is 4.64. The van der Waals surface area contributed by atoms with Gasteiger partial charge in [-0.1, -0.05) is 0 Å². The van der Waals surface area contributed by atoms with Crippen LogP contribution in [0, 0.1) is 0 Å². The summed E-state index contributed by atoms with van der Waals surface area (Å²) in [6, 6.07) is 0. The van der Waals surface area contributed by atoms with E-state index in [1.165, 1.54) is 0 Å². The Morgan fingerprint density at radius 2 is 1.50 bits per heavy atom. The van der Waals surface area contributed by atoms with Crippen molar-refractivity contribution in [3.63, 3.8) is 0 Å². The number of carbonyl (C=O) groups is 1. The average Bonchev–Trinajstić information content (AvgIpc) is 2.34. The number of hydrogen-bond acceptors (Lipinski definition) is 8. The quantitative estimate of drug-likeness (QED) is 0.243. The first-order chi connectivity index (χ1) is 7.45. The number of carbonyl (C=O) groups excluding carboxylic acids is 1. The summed E-state index contributed by atoms with van der Waals surface area (Å²) < 4.78 is 0. The van der Waals surface area contributed by atoms with Gasteiger partial charge in [0.1, 0.15) is 24.9 Å². The van der Waals surface area contributed by atoms with Crippen LogP contribution in [0.5, 0.6) is 0 Å². The van der Waals surface area contributed by atoms with E-state index in [9.17, 15) is 4.79 Å². The molecule has 0 rings (SSSR count). The molecule has 8 heteroatoms. The van der Waals surface area contributed by atoms with Crippen LogP contribution >= 0.6 is 0 Å². The van der Waals surface area contributed by atoms with E-state index in [1.54, 1.807) is 0 Å². The maximum atomic E-state index is 10.5. The predicted molar refractivity (Wildman–Crippen MR) is 55.3 cm³/mol. The smallest absolute Gasteiger partial charge is 0.189 e. The molecule has 0 aromatic carbocycles. The lowest BCUT2D eigenvalue weighted by Crippen LogP contribution is -2.44. The summed E-state index contributed by atoms with van der Waals surface area (Å²) in [6.07, 6.45) is -5.22. The molecule has 0 fully saturated rings. The van der Waals surface area contributed by atoms with Gasteiger partial charge in [0.25, 0.3) is 0 Å². The van der Waals surface area contributed by atoms with Crippen molar-refractivity contribution in [1.29, 1.82) is 0 Å². The van der Waals surface area contributed by atoms with Crippen LogP contribution < -0.4 is 11.5 Å². The van der Waals surface area contributed by atoms with E-state index in [1.807, 2.05) is 0 Å². The van der Waals surface area contributed by atoms with E-state index in [0.29, 0.717) is 13.1 Å². The van der Waals surface area contributed by atoms with E-state index in [-0.39, 0.29) is 0 Å². The summed E-state index contributed by atoms with van der Waals surface area (Å²) in [5, 5.41) is 43.1. The van der Waals surface area contributed by atoms with Crippen LogP contribution in [0.2, 0.25) is 0 Å². The molecule has 0 aliphatic heterocycles. The number of ketones is 1. The Bertz CT molecular complexity index is 178. The molecule has 0 bridgehead atoms. The van der Waals surface area contributed by atoms with Gasteiger partial charge in [0.05, 0.1) is 6.61 Å². The third-order valence-electron chi connectivity index (χ3n) is 1.56. The van der Waals surface area contributed by atoms with Crippen molar-refractivity contribution in [2.45, 2.75) is 18.3 Å². The van der Waals surface area contributed by atoms with Gasteiger partial charge in [0, 0.05) is 13.1 Å². The summed E-state index contributed by atoms with van der Waals surface area (Å²) in [5.74, 6) is -1.00. The normalized spacial score (nSPS) is 15.7. The topological polar surface area (TPSA) is 170 Å². The van der Waals surface area contributed by atoms with Crippen LogP contribution in [0.1, 0.15) is 0 Å². The Kier molecular flexibility index (Phi) is 12.1. The second-order valence-corrected chi connectivity index (χ2v) is 2.89. The van der Waals surface area contributed by atoms with Crippen molar-refractivity contribution >= 4 is 5.78 Å². The van der Waals surface area contributed by atoms with E-state index in [2.05, 4.69) is 0 Å². The minimum absolute atomic E-state index is 0.597. The fraction of sp³-hybridized carbons (Fsp3) is 0.875. The molecule has 9 N–H and O–H groups in total. The van der Waals surface area contributed by atoms with Gasteiger partial charge in [0.15, 0.2) is 5.78 Å². The van der Waals surface area contributed by atoms with Crippen LogP contribution in [0.25, 0.3) is 0 Å². The van der Waals surface area contributed by atoms with Gasteiger partial charge in [-0.05, 0) is 0 Å². The zero-order valence-corrected chi connectivity index (χ0v) is 8.86. The van der Waals surface area contributed by atoms with Gasteiger partial charge in [-0.3, -0.25) is 4.79 Å². The Morgan fingerprint density at radius 3 is 1.75 bits per heavy atom. The lowest BCUT2D eigenvalue weighted by molar-refractivity contribution is -0.142. The van der Waals surface area contributed by atoms with Crippen molar-refractivity contribution in [3.05, 3.63) is 0 Å². The molecular formula is C8H20N2O6. The molecule has 0 heterocycles. The average molecular weight is 240 g/mol. The monoisotopic (exact) mass is 240 g/mol. The van der Waals surface area contributed by atoms with Crippen LogP contribution in [0.4, 0.5) is 0 Å². The molecule has 0 amide bonds. The highest BCUT2D eigenvalue weighted by Crippen LogP contribution is 2.00. The van der Waals surface area contributed by atoms with E-state index in [0.717, 1.165) is 0 Å². The minimum atomic E-state index is -1.86. The Labute approximate surface area is 93.1 Å².